The van der Waals surface area contributed by atoms with Crippen LogP contribution in [0.5, 0.6) is 5.75 Å². The minimum absolute atomic E-state index is 0.389. The van der Waals surface area contributed by atoms with Crippen molar-refractivity contribution in [2.75, 3.05) is 12.3 Å². The minimum atomic E-state index is -0.389. The Morgan fingerprint density at radius 2 is 1.67 bits per heavy atom. The summed E-state index contributed by atoms with van der Waals surface area (Å²) in [5, 5.41) is 0. The van der Waals surface area contributed by atoms with Gasteiger partial charge < -0.3 is 15.2 Å². The van der Waals surface area contributed by atoms with Gasteiger partial charge in [0.25, 0.3) is 0 Å². The van der Waals surface area contributed by atoms with Crippen LogP contribution in [-0.4, -0.2) is 6.61 Å². The zero-order valence-corrected chi connectivity index (χ0v) is 10.4. The van der Waals surface area contributed by atoms with Gasteiger partial charge in [-0.15, -0.1) is 0 Å². The second-order valence-electron chi connectivity index (χ2n) is 3.88. The summed E-state index contributed by atoms with van der Waals surface area (Å²) in [6.45, 7) is 2.54. The lowest BCUT2D eigenvalue weighted by molar-refractivity contribution is -0.0786. The third kappa shape index (κ3) is 3.25. The van der Waals surface area contributed by atoms with Crippen LogP contribution in [0.1, 0.15) is 18.8 Å². The fourth-order valence-electron chi connectivity index (χ4n) is 1.63. The molecule has 2 rings (SSSR count). The van der Waals surface area contributed by atoms with Gasteiger partial charge in [-0.3, -0.25) is 0 Å². The first-order chi connectivity index (χ1) is 8.79. The van der Waals surface area contributed by atoms with Crippen LogP contribution in [0.15, 0.2) is 54.6 Å². The van der Waals surface area contributed by atoms with Gasteiger partial charge >= 0.3 is 0 Å². The minimum Gasteiger partial charge on any atom is -0.461 e. The highest BCUT2D eigenvalue weighted by molar-refractivity contribution is 5.41. The summed E-state index contributed by atoms with van der Waals surface area (Å²) in [7, 11) is 0. The Labute approximate surface area is 107 Å². The van der Waals surface area contributed by atoms with Crippen molar-refractivity contribution in [2.24, 2.45) is 0 Å². The van der Waals surface area contributed by atoms with E-state index in [0.717, 1.165) is 17.0 Å². The number of anilines is 1. The van der Waals surface area contributed by atoms with E-state index in [1.54, 1.807) is 0 Å². The Balaban J connectivity index is 2.14. The third-order valence-corrected chi connectivity index (χ3v) is 2.51. The highest BCUT2D eigenvalue weighted by atomic mass is 16.7. The highest BCUT2D eigenvalue weighted by Crippen LogP contribution is 2.23. The SMILES string of the molecule is CCOC(Oc1ccc(N)cc1)c1ccccc1. The lowest BCUT2D eigenvalue weighted by Crippen LogP contribution is -2.11. The summed E-state index contributed by atoms with van der Waals surface area (Å²) >= 11 is 0. The molecule has 0 heterocycles. The lowest BCUT2D eigenvalue weighted by atomic mass is 10.2. The molecular formula is C15H17NO2. The second-order valence-corrected chi connectivity index (χ2v) is 3.88. The van der Waals surface area contributed by atoms with Crippen LogP contribution < -0.4 is 10.5 Å². The summed E-state index contributed by atoms with van der Waals surface area (Å²) in [6, 6.07) is 17.2. The second kappa shape index (κ2) is 6.07. The molecule has 18 heavy (non-hydrogen) atoms. The average Bonchev–Trinajstić information content (AvgIpc) is 2.42. The Morgan fingerprint density at radius 3 is 2.28 bits per heavy atom. The van der Waals surface area contributed by atoms with Crippen molar-refractivity contribution in [1.82, 2.24) is 0 Å². The molecule has 0 aliphatic rings. The molecular weight excluding hydrogens is 226 g/mol. The molecule has 0 fully saturated rings. The first-order valence-corrected chi connectivity index (χ1v) is 5.98. The van der Waals surface area contributed by atoms with Gasteiger partial charge in [-0.1, -0.05) is 30.3 Å². The van der Waals surface area contributed by atoms with E-state index < -0.39 is 0 Å². The van der Waals surface area contributed by atoms with Crippen LogP contribution in [0.3, 0.4) is 0 Å². The summed E-state index contributed by atoms with van der Waals surface area (Å²) in [5.74, 6) is 0.742. The number of ether oxygens (including phenoxy) is 2. The summed E-state index contributed by atoms with van der Waals surface area (Å²) in [4.78, 5) is 0. The number of hydrogen-bond donors (Lipinski definition) is 1. The highest BCUT2D eigenvalue weighted by Gasteiger charge is 2.12. The first kappa shape index (κ1) is 12.5. The maximum Gasteiger partial charge on any atom is 0.226 e. The Morgan fingerprint density at radius 1 is 1.00 bits per heavy atom. The zero-order chi connectivity index (χ0) is 12.8. The molecule has 0 spiro atoms. The normalized spacial score (nSPS) is 12.1. The molecule has 0 aliphatic heterocycles. The van der Waals surface area contributed by atoms with E-state index >= 15 is 0 Å². The summed E-state index contributed by atoms with van der Waals surface area (Å²) in [6.07, 6.45) is -0.389. The van der Waals surface area contributed by atoms with Crippen molar-refractivity contribution >= 4 is 5.69 Å². The van der Waals surface area contributed by atoms with Crippen molar-refractivity contribution in [3.63, 3.8) is 0 Å². The number of nitrogens with two attached hydrogens (primary N) is 1. The average molecular weight is 243 g/mol. The number of nitrogen functional groups attached to an aromatic ring is 1. The van der Waals surface area contributed by atoms with Gasteiger partial charge in [-0.05, 0) is 31.2 Å². The number of benzene rings is 2. The molecule has 1 atom stereocenters. The van der Waals surface area contributed by atoms with Gasteiger partial charge in [0.15, 0.2) is 0 Å². The molecule has 1 unspecified atom stereocenters. The molecule has 0 saturated heterocycles. The van der Waals surface area contributed by atoms with Crippen LogP contribution in [0, 0.1) is 0 Å². The molecule has 3 heteroatoms. The van der Waals surface area contributed by atoms with E-state index in [4.69, 9.17) is 15.2 Å². The quantitative estimate of drug-likeness (QED) is 0.646. The van der Waals surface area contributed by atoms with E-state index in [2.05, 4.69) is 0 Å². The molecule has 0 radical (unpaired) electrons. The summed E-state index contributed by atoms with van der Waals surface area (Å²) in [5.41, 5.74) is 7.35. The first-order valence-electron chi connectivity index (χ1n) is 5.98. The number of hydrogen-bond acceptors (Lipinski definition) is 3. The molecule has 3 nitrogen and oxygen atoms in total. The molecule has 0 bridgehead atoms. The van der Waals surface area contributed by atoms with E-state index in [-0.39, 0.29) is 6.29 Å². The number of rotatable bonds is 5. The van der Waals surface area contributed by atoms with Crippen molar-refractivity contribution in [2.45, 2.75) is 13.2 Å². The van der Waals surface area contributed by atoms with Crippen molar-refractivity contribution in [3.8, 4) is 5.75 Å². The molecule has 2 aromatic rings. The molecule has 94 valence electrons. The standard InChI is InChI=1S/C15H17NO2/c1-2-17-15(12-6-4-3-5-7-12)18-14-10-8-13(16)9-11-14/h3-11,15H,2,16H2,1H3. The molecule has 0 saturated carbocycles. The topological polar surface area (TPSA) is 44.5 Å². The smallest absolute Gasteiger partial charge is 0.226 e. The van der Waals surface area contributed by atoms with Gasteiger partial charge in [0.2, 0.25) is 6.29 Å². The molecule has 0 aliphatic carbocycles. The lowest BCUT2D eigenvalue weighted by Gasteiger charge is -2.19. The maximum atomic E-state index is 5.82. The van der Waals surface area contributed by atoms with E-state index in [0.29, 0.717) is 6.61 Å². The monoisotopic (exact) mass is 243 g/mol. The van der Waals surface area contributed by atoms with Gasteiger partial charge in [-0.25, -0.2) is 0 Å². The molecule has 2 N–H and O–H groups in total. The molecule has 0 amide bonds. The van der Waals surface area contributed by atoms with Crippen LogP contribution in [0.2, 0.25) is 0 Å². The van der Waals surface area contributed by atoms with E-state index in [9.17, 15) is 0 Å². The zero-order valence-electron chi connectivity index (χ0n) is 10.4. The van der Waals surface area contributed by atoms with Gasteiger partial charge in [-0.2, -0.15) is 0 Å². The predicted molar refractivity (Wildman–Crippen MR) is 72.3 cm³/mol. The van der Waals surface area contributed by atoms with Crippen LogP contribution in [0.25, 0.3) is 0 Å². The van der Waals surface area contributed by atoms with E-state index in [1.165, 1.54) is 0 Å². The molecule has 0 aromatic heterocycles. The van der Waals surface area contributed by atoms with Crippen LogP contribution in [0.4, 0.5) is 5.69 Å². The van der Waals surface area contributed by atoms with Crippen molar-refractivity contribution in [1.29, 1.82) is 0 Å². The predicted octanol–water partition coefficient (Wildman–Crippen LogP) is 3.38. The van der Waals surface area contributed by atoms with Crippen LogP contribution >= 0.6 is 0 Å². The Bertz CT molecular complexity index is 468. The maximum absolute atomic E-state index is 5.82. The van der Waals surface area contributed by atoms with Gasteiger partial charge in [0, 0.05) is 17.9 Å². The van der Waals surface area contributed by atoms with Crippen molar-refractivity contribution in [3.05, 3.63) is 60.2 Å². The molecule has 2 aromatic carbocycles. The third-order valence-electron chi connectivity index (χ3n) is 2.51. The van der Waals surface area contributed by atoms with E-state index in [1.807, 2.05) is 61.5 Å². The van der Waals surface area contributed by atoms with Gasteiger partial charge in [0.05, 0.1) is 0 Å². The van der Waals surface area contributed by atoms with Gasteiger partial charge in [0.1, 0.15) is 5.75 Å². The largest absolute Gasteiger partial charge is 0.461 e. The Kier molecular flexibility index (Phi) is 4.20. The van der Waals surface area contributed by atoms with Crippen LogP contribution in [-0.2, 0) is 4.74 Å². The summed E-state index contributed by atoms with van der Waals surface area (Å²) < 4.78 is 11.4. The van der Waals surface area contributed by atoms with Crippen molar-refractivity contribution < 1.29 is 9.47 Å². The fraction of sp³-hybridized carbons (Fsp3) is 0.200. The Hall–Kier alpha value is -2.00. The fourth-order valence-corrected chi connectivity index (χ4v) is 1.63.